The summed E-state index contributed by atoms with van der Waals surface area (Å²) in [5.74, 6) is 0.520. The SMILES string of the molecule is CC(C)N1CCC[C@@H]1c1ccc(NC(=O)OC(C)(C)C)nc1. The van der Waals surface area contributed by atoms with Crippen LogP contribution in [0.4, 0.5) is 10.6 Å². The predicted molar refractivity (Wildman–Crippen MR) is 87.9 cm³/mol. The molecule has 1 aromatic rings. The van der Waals surface area contributed by atoms with Gasteiger partial charge in [-0.15, -0.1) is 0 Å². The summed E-state index contributed by atoms with van der Waals surface area (Å²) in [6.45, 7) is 11.1. The first-order valence-corrected chi connectivity index (χ1v) is 7.98. The van der Waals surface area contributed by atoms with Crippen LogP contribution in [-0.4, -0.2) is 34.2 Å². The molecule has 1 aliphatic rings. The molecular weight excluding hydrogens is 278 g/mol. The van der Waals surface area contributed by atoms with Gasteiger partial charge in [-0.2, -0.15) is 0 Å². The van der Waals surface area contributed by atoms with Crippen LogP contribution in [0.3, 0.4) is 0 Å². The van der Waals surface area contributed by atoms with Gasteiger partial charge in [0.05, 0.1) is 0 Å². The summed E-state index contributed by atoms with van der Waals surface area (Å²) in [4.78, 5) is 18.6. The van der Waals surface area contributed by atoms with E-state index in [-0.39, 0.29) is 0 Å². The molecule has 0 radical (unpaired) electrons. The van der Waals surface area contributed by atoms with Crippen LogP contribution in [0, 0.1) is 0 Å². The fraction of sp³-hybridized carbons (Fsp3) is 0.647. The zero-order chi connectivity index (χ0) is 16.3. The highest BCUT2D eigenvalue weighted by Crippen LogP contribution is 2.33. The zero-order valence-corrected chi connectivity index (χ0v) is 14.2. The number of amides is 1. The Morgan fingerprint density at radius 2 is 2.14 bits per heavy atom. The molecule has 1 amide bonds. The molecule has 5 heteroatoms. The number of likely N-dealkylation sites (tertiary alicyclic amines) is 1. The average molecular weight is 305 g/mol. The van der Waals surface area contributed by atoms with E-state index in [4.69, 9.17) is 4.74 Å². The molecule has 122 valence electrons. The minimum Gasteiger partial charge on any atom is -0.444 e. The molecule has 1 aliphatic heterocycles. The maximum atomic E-state index is 11.7. The molecule has 1 atom stereocenters. The van der Waals surface area contributed by atoms with Crippen LogP contribution in [0.2, 0.25) is 0 Å². The normalized spacial score (nSPS) is 19.5. The van der Waals surface area contributed by atoms with Gasteiger partial charge in [0.25, 0.3) is 0 Å². The molecule has 0 unspecified atom stereocenters. The lowest BCUT2D eigenvalue weighted by atomic mass is 10.1. The molecule has 0 saturated carbocycles. The smallest absolute Gasteiger partial charge is 0.413 e. The minimum atomic E-state index is -0.508. The van der Waals surface area contributed by atoms with Crippen molar-refractivity contribution < 1.29 is 9.53 Å². The van der Waals surface area contributed by atoms with Crippen LogP contribution in [-0.2, 0) is 4.74 Å². The van der Waals surface area contributed by atoms with Gasteiger partial charge in [0.15, 0.2) is 0 Å². The number of rotatable bonds is 3. The number of nitrogens with one attached hydrogen (secondary N) is 1. The van der Waals surface area contributed by atoms with Gasteiger partial charge < -0.3 is 4.74 Å². The van der Waals surface area contributed by atoms with E-state index in [1.54, 1.807) is 0 Å². The highest BCUT2D eigenvalue weighted by Gasteiger charge is 2.28. The van der Waals surface area contributed by atoms with Crippen LogP contribution < -0.4 is 5.32 Å². The number of carbonyl (C=O) groups is 1. The molecule has 0 spiro atoms. The Hall–Kier alpha value is -1.62. The third-order valence-electron chi connectivity index (χ3n) is 3.76. The van der Waals surface area contributed by atoms with Crippen molar-refractivity contribution >= 4 is 11.9 Å². The number of carbonyl (C=O) groups excluding carboxylic acids is 1. The summed E-state index contributed by atoms with van der Waals surface area (Å²) in [6.07, 6.45) is 3.77. The maximum Gasteiger partial charge on any atom is 0.413 e. The first-order valence-electron chi connectivity index (χ1n) is 7.98. The summed E-state index contributed by atoms with van der Waals surface area (Å²) in [6, 6.07) is 4.86. The number of anilines is 1. The lowest BCUT2D eigenvalue weighted by molar-refractivity contribution is 0.0635. The van der Waals surface area contributed by atoms with E-state index in [1.807, 2.05) is 39.1 Å². The van der Waals surface area contributed by atoms with Crippen molar-refractivity contribution in [3.8, 4) is 0 Å². The quantitative estimate of drug-likeness (QED) is 0.918. The van der Waals surface area contributed by atoms with Gasteiger partial charge in [-0.05, 0) is 65.6 Å². The van der Waals surface area contributed by atoms with E-state index in [1.165, 1.54) is 18.4 Å². The van der Waals surface area contributed by atoms with E-state index < -0.39 is 11.7 Å². The molecule has 5 nitrogen and oxygen atoms in total. The molecule has 0 aromatic carbocycles. The van der Waals surface area contributed by atoms with E-state index in [0.717, 1.165) is 6.54 Å². The maximum absolute atomic E-state index is 11.7. The Balaban J connectivity index is 2.00. The van der Waals surface area contributed by atoms with Gasteiger partial charge in [0.2, 0.25) is 0 Å². The number of pyridine rings is 1. The Morgan fingerprint density at radius 1 is 1.41 bits per heavy atom. The second-order valence-electron chi connectivity index (χ2n) is 7.09. The van der Waals surface area contributed by atoms with Gasteiger partial charge in [0.1, 0.15) is 11.4 Å². The van der Waals surface area contributed by atoms with Crippen LogP contribution >= 0.6 is 0 Å². The van der Waals surface area contributed by atoms with Crippen LogP contribution in [0.1, 0.15) is 59.1 Å². The standard InChI is InChI=1S/C17H27N3O2/c1-12(2)20-10-6-7-14(20)13-8-9-15(18-11-13)19-16(21)22-17(3,4)5/h8-9,11-12,14H,6-7,10H2,1-5H3,(H,18,19,21)/t14-/m1/s1. The van der Waals surface area contributed by atoms with Crippen LogP contribution in [0.15, 0.2) is 18.3 Å². The molecule has 2 heterocycles. The number of hydrogen-bond acceptors (Lipinski definition) is 4. The van der Waals surface area contributed by atoms with Crippen LogP contribution in [0.5, 0.6) is 0 Å². The highest BCUT2D eigenvalue weighted by atomic mass is 16.6. The topological polar surface area (TPSA) is 54.5 Å². The van der Waals surface area contributed by atoms with E-state index in [2.05, 4.69) is 29.0 Å². The minimum absolute atomic E-state index is 0.433. The lowest BCUT2D eigenvalue weighted by Gasteiger charge is -2.28. The molecule has 1 aromatic heterocycles. The molecular formula is C17H27N3O2. The van der Waals surface area contributed by atoms with Gasteiger partial charge in [-0.3, -0.25) is 10.2 Å². The second kappa shape index (κ2) is 6.65. The molecule has 2 rings (SSSR count). The molecule has 0 bridgehead atoms. The predicted octanol–water partition coefficient (Wildman–Crippen LogP) is 3.97. The Labute approximate surface area is 133 Å². The highest BCUT2D eigenvalue weighted by molar-refractivity contribution is 5.83. The Kier molecular flexibility index (Phi) is 5.06. The van der Waals surface area contributed by atoms with Crippen molar-refractivity contribution in [2.24, 2.45) is 0 Å². The monoisotopic (exact) mass is 305 g/mol. The Bertz CT molecular complexity index is 506. The summed E-state index contributed by atoms with van der Waals surface area (Å²) in [5, 5.41) is 2.66. The zero-order valence-electron chi connectivity index (χ0n) is 14.2. The number of nitrogens with zero attached hydrogens (tertiary/aromatic N) is 2. The van der Waals surface area contributed by atoms with Crippen molar-refractivity contribution in [1.82, 2.24) is 9.88 Å². The van der Waals surface area contributed by atoms with Gasteiger partial charge in [-0.1, -0.05) is 6.07 Å². The van der Waals surface area contributed by atoms with Gasteiger partial charge in [0, 0.05) is 18.3 Å². The Morgan fingerprint density at radius 3 is 2.68 bits per heavy atom. The van der Waals surface area contributed by atoms with Crippen molar-refractivity contribution in [2.45, 2.75) is 65.1 Å². The largest absolute Gasteiger partial charge is 0.444 e. The van der Waals surface area contributed by atoms with Crippen molar-refractivity contribution in [3.05, 3.63) is 23.9 Å². The fourth-order valence-corrected chi connectivity index (χ4v) is 2.85. The summed E-state index contributed by atoms with van der Waals surface area (Å²) >= 11 is 0. The summed E-state index contributed by atoms with van der Waals surface area (Å²) in [5.41, 5.74) is 0.701. The number of aromatic nitrogens is 1. The first kappa shape index (κ1) is 16.7. The third kappa shape index (κ3) is 4.44. The van der Waals surface area contributed by atoms with Crippen molar-refractivity contribution in [1.29, 1.82) is 0 Å². The number of ether oxygens (including phenoxy) is 1. The lowest BCUT2D eigenvalue weighted by Crippen LogP contribution is -2.30. The molecule has 1 N–H and O–H groups in total. The average Bonchev–Trinajstić information content (AvgIpc) is 2.86. The first-order chi connectivity index (χ1) is 10.3. The molecule has 1 saturated heterocycles. The third-order valence-corrected chi connectivity index (χ3v) is 3.76. The summed E-state index contributed by atoms with van der Waals surface area (Å²) in [7, 11) is 0. The molecule has 1 fully saturated rings. The molecule has 0 aliphatic carbocycles. The van der Waals surface area contributed by atoms with Crippen molar-refractivity contribution in [2.75, 3.05) is 11.9 Å². The van der Waals surface area contributed by atoms with E-state index in [0.29, 0.717) is 17.9 Å². The van der Waals surface area contributed by atoms with Crippen LogP contribution in [0.25, 0.3) is 0 Å². The summed E-state index contributed by atoms with van der Waals surface area (Å²) < 4.78 is 5.22. The van der Waals surface area contributed by atoms with E-state index >= 15 is 0 Å². The van der Waals surface area contributed by atoms with E-state index in [9.17, 15) is 4.79 Å². The fourth-order valence-electron chi connectivity index (χ4n) is 2.85. The molecule has 22 heavy (non-hydrogen) atoms. The second-order valence-corrected chi connectivity index (χ2v) is 7.09. The van der Waals surface area contributed by atoms with Crippen molar-refractivity contribution in [3.63, 3.8) is 0 Å². The van der Waals surface area contributed by atoms with Gasteiger partial charge in [-0.25, -0.2) is 9.78 Å². The number of hydrogen-bond donors (Lipinski definition) is 1. The van der Waals surface area contributed by atoms with Gasteiger partial charge >= 0.3 is 6.09 Å².